The Labute approximate surface area is 137 Å². The highest BCUT2D eigenvalue weighted by atomic mass is 28.2. The van der Waals surface area contributed by atoms with Crippen molar-refractivity contribution in [3.63, 3.8) is 0 Å². The minimum Gasteiger partial charge on any atom is -0.444 e. The lowest BCUT2D eigenvalue weighted by molar-refractivity contribution is -0.0130. The molecule has 0 aromatic rings. The predicted molar refractivity (Wildman–Crippen MR) is 92.7 cm³/mol. The van der Waals surface area contributed by atoms with Gasteiger partial charge >= 0.3 is 6.09 Å². The van der Waals surface area contributed by atoms with E-state index < -0.39 is 21.0 Å². The Balaban J connectivity index is 2.83. The molecule has 0 saturated carbocycles. The molecule has 5 nitrogen and oxygen atoms in total. The van der Waals surface area contributed by atoms with Gasteiger partial charge in [-0.2, -0.15) is 0 Å². The van der Waals surface area contributed by atoms with Crippen LogP contribution in [0.2, 0.25) is 5.04 Å². The van der Waals surface area contributed by atoms with Crippen LogP contribution in [-0.2, 0) is 9.16 Å². The van der Waals surface area contributed by atoms with Crippen LogP contribution in [0.3, 0.4) is 0 Å². The number of ether oxygens (including phenoxy) is 1. The van der Waals surface area contributed by atoms with E-state index in [9.17, 15) is 4.79 Å². The molecule has 0 aromatic heterocycles. The fourth-order valence-corrected chi connectivity index (χ4v) is 3.55. The summed E-state index contributed by atoms with van der Waals surface area (Å²) in [5.41, 5.74) is 5.20. The third-order valence-electron chi connectivity index (χ3n) is 3.64. The first-order valence-electron chi connectivity index (χ1n) is 8.10. The summed E-state index contributed by atoms with van der Waals surface area (Å²) in [5, 5.41) is 0.217. The number of nitrogens with two attached hydrogens (primary N) is 1. The van der Waals surface area contributed by atoms with Gasteiger partial charge in [0.15, 0.2) is 9.76 Å². The molecule has 0 radical (unpaired) electrons. The molecule has 22 heavy (non-hydrogen) atoms. The molecule has 2 atom stereocenters. The van der Waals surface area contributed by atoms with Crippen molar-refractivity contribution >= 4 is 15.9 Å². The standard InChI is InChI=1S/C16H34N2O3Si/c1-14(2,3)20-13(19)18-10-11(17)9-12(18)16(7,8)21-22-15(4,5)6/h11-12H,9-10,17,22H2,1-8H3. The maximum absolute atomic E-state index is 12.5. The molecule has 1 amide bonds. The second-order valence-corrected chi connectivity index (χ2v) is 11.8. The van der Waals surface area contributed by atoms with E-state index >= 15 is 0 Å². The maximum Gasteiger partial charge on any atom is 0.410 e. The summed E-state index contributed by atoms with van der Waals surface area (Å²) >= 11 is 0. The summed E-state index contributed by atoms with van der Waals surface area (Å²) in [5.74, 6) is 0. The van der Waals surface area contributed by atoms with Crippen LogP contribution in [-0.4, -0.2) is 50.6 Å². The van der Waals surface area contributed by atoms with E-state index in [0.717, 1.165) is 6.42 Å². The zero-order valence-corrected chi connectivity index (χ0v) is 16.9. The normalized spacial score (nSPS) is 24.3. The van der Waals surface area contributed by atoms with Gasteiger partial charge in [-0.25, -0.2) is 4.79 Å². The average Bonchev–Trinajstić information content (AvgIpc) is 2.67. The number of amides is 1. The first-order valence-corrected chi connectivity index (χ1v) is 9.39. The number of nitrogens with zero attached hydrogens (tertiary/aromatic N) is 1. The summed E-state index contributed by atoms with van der Waals surface area (Å²) < 4.78 is 11.8. The Morgan fingerprint density at radius 2 is 1.68 bits per heavy atom. The first kappa shape index (κ1) is 19.5. The molecular formula is C16H34N2O3Si. The molecule has 6 heteroatoms. The molecule has 1 aliphatic rings. The highest BCUT2D eigenvalue weighted by Gasteiger charge is 2.45. The van der Waals surface area contributed by atoms with E-state index in [1.54, 1.807) is 4.90 Å². The van der Waals surface area contributed by atoms with Crippen molar-refractivity contribution < 1.29 is 14.0 Å². The van der Waals surface area contributed by atoms with Crippen LogP contribution in [0.4, 0.5) is 4.79 Å². The minimum atomic E-state index is -0.706. The van der Waals surface area contributed by atoms with Crippen molar-refractivity contribution in [2.24, 2.45) is 5.73 Å². The number of rotatable bonds is 3. The van der Waals surface area contributed by atoms with Crippen molar-refractivity contribution in [3.8, 4) is 0 Å². The second kappa shape index (κ2) is 6.49. The molecule has 2 N–H and O–H groups in total. The number of likely N-dealkylation sites (tertiary alicyclic amines) is 1. The van der Waals surface area contributed by atoms with Crippen molar-refractivity contribution in [2.45, 2.75) is 90.1 Å². The van der Waals surface area contributed by atoms with Gasteiger partial charge in [-0.15, -0.1) is 0 Å². The fraction of sp³-hybridized carbons (Fsp3) is 0.938. The van der Waals surface area contributed by atoms with Gasteiger partial charge in [-0.05, 0) is 46.1 Å². The topological polar surface area (TPSA) is 64.8 Å². The molecule has 0 aliphatic carbocycles. The lowest BCUT2D eigenvalue weighted by Gasteiger charge is -2.39. The molecule has 2 unspecified atom stereocenters. The van der Waals surface area contributed by atoms with E-state index in [1.165, 1.54) is 0 Å². The Kier molecular flexibility index (Phi) is 5.74. The molecule has 1 heterocycles. The summed E-state index contributed by atoms with van der Waals surface area (Å²) in [4.78, 5) is 14.2. The maximum atomic E-state index is 12.5. The van der Waals surface area contributed by atoms with Crippen LogP contribution >= 0.6 is 0 Å². The fourth-order valence-electron chi connectivity index (χ4n) is 2.55. The number of hydrogen-bond donors (Lipinski definition) is 1. The van der Waals surface area contributed by atoms with Crippen LogP contribution in [0.25, 0.3) is 0 Å². The van der Waals surface area contributed by atoms with Gasteiger partial charge in [0.05, 0.1) is 11.6 Å². The first-order chi connectivity index (χ1) is 9.71. The van der Waals surface area contributed by atoms with Gasteiger partial charge in [0.1, 0.15) is 5.60 Å². The third-order valence-corrected chi connectivity index (χ3v) is 5.40. The van der Waals surface area contributed by atoms with Crippen LogP contribution in [0, 0.1) is 0 Å². The summed E-state index contributed by atoms with van der Waals surface area (Å²) in [6.07, 6.45) is 0.463. The van der Waals surface area contributed by atoms with Crippen LogP contribution in [0.15, 0.2) is 0 Å². The predicted octanol–water partition coefficient (Wildman–Crippen LogP) is 2.42. The quantitative estimate of drug-likeness (QED) is 0.807. The minimum absolute atomic E-state index is 0.0169. The zero-order chi connectivity index (χ0) is 17.3. The SMILES string of the molecule is CC(C)(C)OC(=O)N1CC(N)CC1C(C)(C)O[SiH2]C(C)(C)C. The smallest absolute Gasteiger partial charge is 0.410 e. The van der Waals surface area contributed by atoms with Crippen molar-refractivity contribution in [3.05, 3.63) is 0 Å². The van der Waals surface area contributed by atoms with Crippen molar-refractivity contribution in [1.82, 2.24) is 4.90 Å². The van der Waals surface area contributed by atoms with Gasteiger partial charge in [-0.3, -0.25) is 0 Å². The van der Waals surface area contributed by atoms with Crippen LogP contribution in [0.5, 0.6) is 0 Å². The van der Waals surface area contributed by atoms with E-state index in [-0.39, 0.29) is 23.2 Å². The van der Waals surface area contributed by atoms with Gasteiger partial charge in [0.25, 0.3) is 0 Å². The largest absolute Gasteiger partial charge is 0.444 e. The Hall–Kier alpha value is -0.593. The van der Waals surface area contributed by atoms with Crippen LogP contribution in [0.1, 0.15) is 61.8 Å². The molecule has 1 saturated heterocycles. The van der Waals surface area contributed by atoms with E-state index in [4.69, 9.17) is 14.9 Å². The van der Waals surface area contributed by atoms with Gasteiger partial charge in [0, 0.05) is 12.6 Å². The Morgan fingerprint density at radius 3 is 2.14 bits per heavy atom. The number of carbonyl (C=O) groups is 1. The highest BCUT2D eigenvalue weighted by Crippen LogP contribution is 2.32. The molecule has 1 rings (SSSR count). The molecule has 1 fully saturated rings. The molecule has 1 aliphatic heterocycles. The highest BCUT2D eigenvalue weighted by molar-refractivity contribution is 6.31. The molecular weight excluding hydrogens is 296 g/mol. The summed E-state index contributed by atoms with van der Waals surface area (Å²) in [7, 11) is -0.706. The molecule has 0 bridgehead atoms. The van der Waals surface area contributed by atoms with Gasteiger partial charge < -0.3 is 19.8 Å². The van der Waals surface area contributed by atoms with Gasteiger partial charge in [0.2, 0.25) is 0 Å². The zero-order valence-electron chi connectivity index (χ0n) is 15.5. The summed E-state index contributed by atoms with van der Waals surface area (Å²) in [6, 6.07) is -0.0519. The average molecular weight is 331 g/mol. The second-order valence-electron chi connectivity index (χ2n) is 9.10. The van der Waals surface area contributed by atoms with E-state index in [2.05, 4.69) is 34.6 Å². The monoisotopic (exact) mass is 330 g/mol. The lowest BCUT2D eigenvalue weighted by Crippen LogP contribution is -2.51. The number of hydrogen-bond acceptors (Lipinski definition) is 4. The Bertz CT molecular complexity index is 399. The third kappa shape index (κ3) is 5.89. The Morgan fingerprint density at radius 1 is 1.14 bits per heavy atom. The van der Waals surface area contributed by atoms with Gasteiger partial charge in [-0.1, -0.05) is 20.8 Å². The van der Waals surface area contributed by atoms with E-state index in [0.29, 0.717) is 6.54 Å². The molecule has 0 spiro atoms. The molecule has 130 valence electrons. The lowest BCUT2D eigenvalue weighted by atomic mass is 9.96. The number of carbonyl (C=O) groups excluding carboxylic acids is 1. The summed E-state index contributed by atoms with van der Waals surface area (Å²) in [6.45, 7) is 16.9. The van der Waals surface area contributed by atoms with Crippen molar-refractivity contribution in [1.29, 1.82) is 0 Å². The van der Waals surface area contributed by atoms with Crippen LogP contribution < -0.4 is 5.73 Å². The van der Waals surface area contributed by atoms with E-state index in [1.807, 2.05) is 20.8 Å². The van der Waals surface area contributed by atoms with Crippen molar-refractivity contribution in [2.75, 3.05) is 6.54 Å². The molecule has 0 aromatic carbocycles.